The van der Waals surface area contributed by atoms with Gasteiger partial charge < -0.3 is 15.1 Å². The number of amides is 2. The third kappa shape index (κ3) is 4.52. The quantitative estimate of drug-likeness (QED) is 0.848. The first-order valence-electron chi connectivity index (χ1n) is 8.30. The van der Waals surface area contributed by atoms with Gasteiger partial charge in [0.1, 0.15) is 5.76 Å². The number of hydrogen-bond donors (Lipinski definition) is 2. The van der Waals surface area contributed by atoms with Crippen LogP contribution in [-0.2, 0) is 0 Å². The van der Waals surface area contributed by atoms with E-state index in [1.807, 2.05) is 12.1 Å². The molecule has 2 amide bonds. The molecule has 128 valence electrons. The van der Waals surface area contributed by atoms with Crippen LogP contribution < -0.4 is 10.6 Å². The van der Waals surface area contributed by atoms with E-state index in [2.05, 4.69) is 15.5 Å². The fourth-order valence-corrected chi connectivity index (χ4v) is 3.14. The van der Waals surface area contributed by atoms with Crippen molar-refractivity contribution in [2.75, 3.05) is 25.0 Å². The summed E-state index contributed by atoms with van der Waals surface area (Å²) >= 11 is 5.85. The number of hydrogen-bond acceptors (Lipinski definition) is 3. The highest BCUT2D eigenvalue weighted by molar-refractivity contribution is 6.30. The lowest BCUT2D eigenvalue weighted by Crippen LogP contribution is -2.41. The molecule has 1 fully saturated rings. The number of nitrogens with one attached hydrogen (secondary N) is 2. The van der Waals surface area contributed by atoms with Gasteiger partial charge in [0.15, 0.2) is 0 Å². The molecule has 2 N–H and O–H groups in total. The molecule has 24 heavy (non-hydrogen) atoms. The van der Waals surface area contributed by atoms with E-state index in [1.54, 1.807) is 30.5 Å². The Morgan fingerprint density at radius 3 is 2.58 bits per heavy atom. The summed E-state index contributed by atoms with van der Waals surface area (Å²) < 4.78 is 5.58. The second-order valence-corrected chi connectivity index (χ2v) is 6.41. The number of furan rings is 1. The van der Waals surface area contributed by atoms with Crippen LogP contribution in [0, 0.1) is 0 Å². The zero-order valence-electron chi connectivity index (χ0n) is 13.5. The lowest BCUT2D eigenvalue weighted by Gasteiger charge is -2.33. The van der Waals surface area contributed by atoms with Gasteiger partial charge in [-0.25, -0.2) is 4.79 Å². The first-order valence-corrected chi connectivity index (χ1v) is 8.68. The van der Waals surface area contributed by atoms with Gasteiger partial charge in [0.05, 0.1) is 12.3 Å². The van der Waals surface area contributed by atoms with Crippen molar-refractivity contribution in [3.8, 4) is 0 Å². The van der Waals surface area contributed by atoms with Crippen molar-refractivity contribution in [3.05, 3.63) is 53.4 Å². The van der Waals surface area contributed by atoms with Crippen molar-refractivity contribution in [2.24, 2.45) is 0 Å². The van der Waals surface area contributed by atoms with Gasteiger partial charge in [-0.3, -0.25) is 4.90 Å². The van der Waals surface area contributed by atoms with Gasteiger partial charge in [-0.2, -0.15) is 0 Å². The average Bonchev–Trinajstić information content (AvgIpc) is 3.12. The van der Waals surface area contributed by atoms with Crippen molar-refractivity contribution in [1.29, 1.82) is 0 Å². The maximum absolute atomic E-state index is 12.1. The monoisotopic (exact) mass is 347 g/mol. The number of rotatable bonds is 5. The molecule has 2 heterocycles. The third-order valence-corrected chi connectivity index (χ3v) is 4.51. The van der Waals surface area contributed by atoms with Crippen LogP contribution in [-0.4, -0.2) is 30.6 Å². The van der Waals surface area contributed by atoms with Crippen LogP contribution in [0.5, 0.6) is 0 Å². The molecule has 0 aliphatic carbocycles. The fourth-order valence-electron chi connectivity index (χ4n) is 3.02. The zero-order chi connectivity index (χ0) is 16.8. The van der Waals surface area contributed by atoms with Crippen molar-refractivity contribution < 1.29 is 9.21 Å². The molecule has 1 atom stereocenters. The summed E-state index contributed by atoms with van der Waals surface area (Å²) in [5, 5.41) is 6.40. The van der Waals surface area contributed by atoms with Gasteiger partial charge in [0.25, 0.3) is 0 Å². The summed E-state index contributed by atoms with van der Waals surface area (Å²) in [7, 11) is 0. The maximum atomic E-state index is 12.1. The van der Waals surface area contributed by atoms with Crippen LogP contribution >= 0.6 is 11.6 Å². The Morgan fingerprint density at radius 2 is 1.92 bits per heavy atom. The Kier molecular flexibility index (Phi) is 5.77. The maximum Gasteiger partial charge on any atom is 0.319 e. The molecule has 0 spiro atoms. The normalized spacial score (nSPS) is 16.5. The molecule has 1 aliphatic rings. The molecule has 0 bridgehead atoms. The van der Waals surface area contributed by atoms with Gasteiger partial charge in [0.2, 0.25) is 0 Å². The summed E-state index contributed by atoms with van der Waals surface area (Å²) in [6.07, 6.45) is 5.33. The predicted molar refractivity (Wildman–Crippen MR) is 95.3 cm³/mol. The highest BCUT2D eigenvalue weighted by Gasteiger charge is 2.24. The fraction of sp³-hybridized carbons (Fsp3) is 0.389. The van der Waals surface area contributed by atoms with Crippen LogP contribution in [0.2, 0.25) is 5.02 Å². The van der Waals surface area contributed by atoms with E-state index in [-0.39, 0.29) is 12.1 Å². The van der Waals surface area contributed by atoms with E-state index in [4.69, 9.17) is 16.0 Å². The number of nitrogens with zero attached hydrogens (tertiary/aromatic N) is 1. The summed E-state index contributed by atoms with van der Waals surface area (Å²) in [4.78, 5) is 14.5. The lowest BCUT2D eigenvalue weighted by molar-refractivity contribution is 0.144. The number of likely N-dealkylation sites (tertiary alicyclic amines) is 1. The molecule has 6 heteroatoms. The van der Waals surface area contributed by atoms with E-state index < -0.39 is 0 Å². The van der Waals surface area contributed by atoms with Crippen molar-refractivity contribution in [3.63, 3.8) is 0 Å². The van der Waals surface area contributed by atoms with Gasteiger partial charge in [-0.05, 0) is 62.3 Å². The molecule has 1 saturated heterocycles. The topological polar surface area (TPSA) is 57.5 Å². The molecule has 1 aliphatic heterocycles. The summed E-state index contributed by atoms with van der Waals surface area (Å²) in [6.45, 7) is 2.57. The first kappa shape index (κ1) is 16.9. The van der Waals surface area contributed by atoms with Crippen LogP contribution in [0.15, 0.2) is 47.1 Å². The molecule has 1 aromatic heterocycles. The average molecular weight is 348 g/mol. The number of anilines is 1. The van der Waals surface area contributed by atoms with Crippen LogP contribution in [0.4, 0.5) is 10.5 Å². The van der Waals surface area contributed by atoms with Gasteiger partial charge >= 0.3 is 6.03 Å². The van der Waals surface area contributed by atoms with Gasteiger partial charge in [-0.15, -0.1) is 0 Å². The molecule has 0 radical (unpaired) electrons. The SMILES string of the molecule is O=C(NC[C@H](c1ccco1)N1CCCCC1)Nc1ccc(Cl)cc1. The van der Waals surface area contributed by atoms with Crippen LogP contribution in [0.25, 0.3) is 0 Å². The van der Waals surface area contributed by atoms with E-state index in [9.17, 15) is 4.79 Å². The Labute approximate surface area is 147 Å². The standard InChI is InChI=1S/C18H22ClN3O2/c19-14-6-8-15(9-7-14)21-18(23)20-13-16(17-5-4-12-24-17)22-10-2-1-3-11-22/h4-9,12,16H,1-3,10-11,13H2,(H2,20,21,23)/t16-/m1/s1. The Bertz CT molecular complexity index is 637. The number of carbonyl (C=O) groups excluding carboxylic acids is 1. The summed E-state index contributed by atoms with van der Waals surface area (Å²) in [5.74, 6) is 0.892. The van der Waals surface area contributed by atoms with Crippen LogP contribution in [0.3, 0.4) is 0 Å². The molecule has 0 unspecified atom stereocenters. The Balaban J connectivity index is 1.58. The Morgan fingerprint density at radius 1 is 1.17 bits per heavy atom. The van der Waals surface area contributed by atoms with Crippen molar-refractivity contribution >= 4 is 23.3 Å². The number of urea groups is 1. The van der Waals surface area contributed by atoms with E-state index in [0.717, 1.165) is 18.8 Å². The van der Waals surface area contributed by atoms with Crippen molar-refractivity contribution in [1.82, 2.24) is 10.2 Å². The first-order chi connectivity index (χ1) is 11.7. The molecule has 2 aromatic rings. The second-order valence-electron chi connectivity index (χ2n) is 5.97. The number of carbonyl (C=O) groups is 1. The third-order valence-electron chi connectivity index (χ3n) is 4.26. The minimum absolute atomic E-state index is 0.0660. The molecule has 5 nitrogen and oxygen atoms in total. The predicted octanol–water partition coefficient (Wildman–Crippen LogP) is 4.28. The zero-order valence-corrected chi connectivity index (χ0v) is 14.3. The highest BCUT2D eigenvalue weighted by atomic mass is 35.5. The minimum atomic E-state index is -0.231. The summed E-state index contributed by atoms with van der Waals surface area (Å²) in [5.41, 5.74) is 0.712. The number of halogens is 1. The van der Waals surface area contributed by atoms with E-state index in [0.29, 0.717) is 17.3 Å². The summed E-state index contributed by atoms with van der Waals surface area (Å²) in [6, 6.07) is 10.7. The van der Waals surface area contributed by atoms with Crippen molar-refractivity contribution in [2.45, 2.75) is 25.3 Å². The highest BCUT2D eigenvalue weighted by Crippen LogP contribution is 2.24. The number of piperidine rings is 1. The molecule has 1 aromatic carbocycles. The van der Waals surface area contributed by atoms with Gasteiger partial charge in [-0.1, -0.05) is 18.0 Å². The van der Waals surface area contributed by atoms with Crippen LogP contribution in [0.1, 0.15) is 31.1 Å². The second kappa shape index (κ2) is 8.22. The smallest absolute Gasteiger partial charge is 0.319 e. The molecular weight excluding hydrogens is 326 g/mol. The minimum Gasteiger partial charge on any atom is -0.468 e. The number of benzene rings is 1. The Hall–Kier alpha value is -1.98. The van der Waals surface area contributed by atoms with Gasteiger partial charge in [0, 0.05) is 17.3 Å². The van der Waals surface area contributed by atoms with E-state index >= 15 is 0 Å². The lowest BCUT2D eigenvalue weighted by atomic mass is 10.1. The van der Waals surface area contributed by atoms with E-state index in [1.165, 1.54) is 19.3 Å². The molecular formula is C18H22ClN3O2. The molecule has 0 saturated carbocycles. The molecule has 3 rings (SSSR count). The largest absolute Gasteiger partial charge is 0.468 e.